The van der Waals surface area contributed by atoms with Crippen molar-refractivity contribution in [3.05, 3.63) is 24.3 Å². The van der Waals surface area contributed by atoms with Gasteiger partial charge in [0.2, 0.25) is 0 Å². The first-order valence-electron chi connectivity index (χ1n) is 10.2. The first-order valence-corrected chi connectivity index (χ1v) is 10.2. The summed E-state index contributed by atoms with van der Waals surface area (Å²) < 4.78 is 9.24. The summed E-state index contributed by atoms with van der Waals surface area (Å²) in [7, 11) is 2.89. The van der Waals surface area contributed by atoms with Crippen LogP contribution in [0.25, 0.3) is 0 Å². The zero-order valence-corrected chi connectivity index (χ0v) is 16.8. The van der Waals surface area contributed by atoms with Crippen LogP contribution in [-0.2, 0) is 19.1 Å². The van der Waals surface area contributed by atoms with Gasteiger partial charge in [0, 0.05) is 12.8 Å². The van der Waals surface area contributed by atoms with Gasteiger partial charge in [-0.25, -0.2) is 0 Å². The summed E-state index contributed by atoms with van der Waals surface area (Å²) in [5, 5.41) is 0. The highest BCUT2D eigenvalue weighted by Crippen LogP contribution is 2.09. The Balaban J connectivity index is 3.26. The quantitative estimate of drug-likeness (QED) is 0.182. The predicted octanol–water partition coefficient (Wildman–Crippen LogP) is 5.91. The van der Waals surface area contributed by atoms with E-state index in [2.05, 4.69) is 33.8 Å². The van der Waals surface area contributed by atoms with Gasteiger partial charge in [0.15, 0.2) is 0 Å². The first kappa shape index (κ1) is 24.4. The Morgan fingerprint density at radius 2 is 0.923 bits per heavy atom. The summed E-state index contributed by atoms with van der Waals surface area (Å²) in [6, 6.07) is 0. The van der Waals surface area contributed by atoms with E-state index in [1.54, 1.807) is 0 Å². The summed E-state index contributed by atoms with van der Waals surface area (Å²) >= 11 is 0. The molecule has 0 unspecified atom stereocenters. The highest BCUT2D eigenvalue weighted by molar-refractivity contribution is 5.69. The number of carbonyl (C=O) groups excluding carboxylic acids is 2. The maximum absolute atomic E-state index is 11.0. The van der Waals surface area contributed by atoms with E-state index in [4.69, 9.17) is 0 Å². The molecule has 0 aromatic heterocycles. The fourth-order valence-electron chi connectivity index (χ4n) is 2.68. The molecule has 4 heteroatoms. The van der Waals surface area contributed by atoms with Crippen LogP contribution in [0.3, 0.4) is 0 Å². The van der Waals surface area contributed by atoms with E-state index in [0.29, 0.717) is 12.8 Å². The van der Waals surface area contributed by atoms with Crippen molar-refractivity contribution in [2.75, 3.05) is 14.2 Å². The lowest BCUT2D eigenvalue weighted by molar-refractivity contribution is -0.141. The average molecular weight is 367 g/mol. The van der Waals surface area contributed by atoms with Gasteiger partial charge in [-0.1, -0.05) is 62.8 Å². The maximum atomic E-state index is 11.0. The molecule has 0 amide bonds. The van der Waals surface area contributed by atoms with Crippen LogP contribution in [0, 0.1) is 0 Å². The molecule has 0 aliphatic heterocycles. The molecule has 0 saturated heterocycles. The lowest BCUT2D eigenvalue weighted by Crippen LogP contribution is -1.99. The Morgan fingerprint density at radius 1 is 0.577 bits per heavy atom. The highest BCUT2D eigenvalue weighted by Gasteiger charge is 1.99. The van der Waals surface area contributed by atoms with Crippen LogP contribution in [0.2, 0.25) is 0 Å². The Bertz CT molecular complexity index is 361. The van der Waals surface area contributed by atoms with Crippen molar-refractivity contribution < 1.29 is 19.1 Å². The number of hydrogen-bond acceptors (Lipinski definition) is 4. The van der Waals surface area contributed by atoms with Crippen LogP contribution in [0.1, 0.15) is 89.9 Å². The summed E-state index contributed by atoms with van der Waals surface area (Å²) in [5.74, 6) is -0.198. The molecule has 0 heterocycles. The van der Waals surface area contributed by atoms with Crippen LogP contribution >= 0.6 is 0 Å². The maximum Gasteiger partial charge on any atom is 0.305 e. The zero-order valence-electron chi connectivity index (χ0n) is 16.8. The zero-order chi connectivity index (χ0) is 19.3. The second-order valence-electron chi connectivity index (χ2n) is 6.62. The molecule has 0 spiro atoms. The normalized spacial score (nSPS) is 11.3. The second kappa shape index (κ2) is 19.7. The van der Waals surface area contributed by atoms with Crippen LogP contribution < -0.4 is 0 Å². The molecule has 0 fully saturated rings. The van der Waals surface area contributed by atoms with Crippen LogP contribution in [0.15, 0.2) is 24.3 Å². The van der Waals surface area contributed by atoms with E-state index in [1.807, 2.05) is 0 Å². The molecular weight excluding hydrogens is 328 g/mol. The Kier molecular flexibility index (Phi) is 18.5. The molecule has 150 valence electrons. The molecule has 4 nitrogen and oxygen atoms in total. The highest BCUT2D eigenvalue weighted by atomic mass is 16.5. The predicted molar refractivity (Wildman–Crippen MR) is 107 cm³/mol. The van der Waals surface area contributed by atoms with Gasteiger partial charge in [-0.2, -0.15) is 0 Å². The number of ether oxygens (including phenoxy) is 2. The molecular formula is C22H38O4. The van der Waals surface area contributed by atoms with Crippen molar-refractivity contribution >= 4 is 11.9 Å². The van der Waals surface area contributed by atoms with Crippen molar-refractivity contribution in [3.8, 4) is 0 Å². The SMILES string of the molecule is COC(=O)CCCCCCC/C=C/C=C/CCCCCCCC(=O)OC. The third-order valence-electron chi connectivity index (χ3n) is 4.34. The topological polar surface area (TPSA) is 52.6 Å². The monoisotopic (exact) mass is 366 g/mol. The van der Waals surface area contributed by atoms with Gasteiger partial charge >= 0.3 is 11.9 Å². The second-order valence-corrected chi connectivity index (χ2v) is 6.62. The number of hydrogen-bond donors (Lipinski definition) is 0. The van der Waals surface area contributed by atoms with E-state index in [-0.39, 0.29) is 11.9 Å². The summed E-state index contributed by atoms with van der Waals surface area (Å²) in [6.07, 6.45) is 23.5. The third-order valence-corrected chi connectivity index (χ3v) is 4.34. The fourth-order valence-corrected chi connectivity index (χ4v) is 2.68. The van der Waals surface area contributed by atoms with E-state index in [9.17, 15) is 9.59 Å². The lowest BCUT2D eigenvalue weighted by Gasteiger charge is -2.00. The van der Waals surface area contributed by atoms with Gasteiger partial charge in [0.1, 0.15) is 0 Å². The van der Waals surface area contributed by atoms with Gasteiger partial charge in [-0.05, 0) is 38.5 Å². The molecule has 0 aromatic rings. The molecule has 0 radical (unpaired) electrons. The van der Waals surface area contributed by atoms with Crippen LogP contribution in [0.5, 0.6) is 0 Å². The van der Waals surface area contributed by atoms with E-state index < -0.39 is 0 Å². The van der Waals surface area contributed by atoms with Gasteiger partial charge in [-0.15, -0.1) is 0 Å². The molecule has 26 heavy (non-hydrogen) atoms. The molecule has 0 rings (SSSR count). The fraction of sp³-hybridized carbons (Fsp3) is 0.727. The summed E-state index contributed by atoms with van der Waals surface area (Å²) in [6.45, 7) is 0. The van der Waals surface area contributed by atoms with Gasteiger partial charge in [0.25, 0.3) is 0 Å². The van der Waals surface area contributed by atoms with E-state index in [1.165, 1.54) is 52.7 Å². The smallest absolute Gasteiger partial charge is 0.305 e. The van der Waals surface area contributed by atoms with Crippen LogP contribution in [0.4, 0.5) is 0 Å². The van der Waals surface area contributed by atoms with Gasteiger partial charge in [0.05, 0.1) is 14.2 Å². The van der Waals surface area contributed by atoms with Crippen LogP contribution in [-0.4, -0.2) is 26.2 Å². The lowest BCUT2D eigenvalue weighted by atomic mass is 10.1. The molecule has 0 atom stereocenters. The van der Waals surface area contributed by atoms with Crippen molar-refractivity contribution in [3.63, 3.8) is 0 Å². The molecule has 0 saturated carbocycles. The van der Waals surface area contributed by atoms with Crippen molar-refractivity contribution in [2.24, 2.45) is 0 Å². The van der Waals surface area contributed by atoms with E-state index in [0.717, 1.165) is 38.5 Å². The largest absolute Gasteiger partial charge is 0.469 e. The minimum absolute atomic E-state index is 0.0988. The minimum Gasteiger partial charge on any atom is -0.469 e. The third kappa shape index (κ3) is 18.8. The Labute approximate surface area is 160 Å². The van der Waals surface area contributed by atoms with Crippen molar-refractivity contribution in [1.29, 1.82) is 0 Å². The summed E-state index contributed by atoms with van der Waals surface area (Å²) in [4.78, 5) is 21.9. The Hall–Kier alpha value is -1.58. The number of esters is 2. The molecule has 0 bridgehead atoms. The molecule has 0 aliphatic rings. The minimum atomic E-state index is -0.0988. The number of carbonyl (C=O) groups is 2. The van der Waals surface area contributed by atoms with Crippen molar-refractivity contribution in [2.45, 2.75) is 89.9 Å². The first-order chi connectivity index (χ1) is 12.7. The number of rotatable bonds is 17. The van der Waals surface area contributed by atoms with E-state index >= 15 is 0 Å². The molecule has 0 aliphatic carbocycles. The number of unbranched alkanes of at least 4 members (excludes halogenated alkanes) is 10. The Morgan fingerprint density at radius 3 is 1.31 bits per heavy atom. The molecule has 0 aromatic carbocycles. The average Bonchev–Trinajstić information content (AvgIpc) is 2.66. The van der Waals surface area contributed by atoms with Crippen molar-refractivity contribution in [1.82, 2.24) is 0 Å². The summed E-state index contributed by atoms with van der Waals surface area (Å²) in [5.41, 5.74) is 0. The number of allylic oxidation sites excluding steroid dienone is 4. The standard InChI is InChI=1S/C22H38O4/c1-25-21(23)19-17-15-13-11-9-7-5-3-4-6-8-10-12-14-16-18-20-22(24)26-2/h3-6H,7-20H2,1-2H3/b5-3+,6-4+. The van der Waals surface area contributed by atoms with Gasteiger partial charge in [-0.3, -0.25) is 9.59 Å². The van der Waals surface area contributed by atoms with Gasteiger partial charge < -0.3 is 9.47 Å². The number of methoxy groups -OCH3 is 2. The molecule has 0 N–H and O–H groups in total.